The number of benzene rings is 2. The van der Waals surface area contributed by atoms with E-state index in [1.54, 1.807) is 19.1 Å². The second kappa shape index (κ2) is 10.4. The second-order valence-electron chi connectivity index (χ2n) is 9.52. The third-order valence-corrected chi connectivity index (χ3v) is 9.45. The molecule has 3 aromatic rings. The number of fused-ring (bicyclic) bond motifs is 2. The molecule has 5 rings (SSSR count). The molecule has 1 fully saturated rings. The van der Waals surface area contributed by atoms with E-state index < -0.39 is 51.5 Å². The average molecular weight is 592 g/mol. The van der Waals surface area contributed by atoms with Crippen molar-refractivity contribution in [3.63, 3.8) is 0 Å². The molecule has 0 aliphatic carbocycles. The number of halogens is 3. The fourth-order valence-corrected chi connectivity index (χ4v) is 7.78. The SMILES string of the molecule is CCOC(=O)Cn1c2c(sc1=O)[C@@H](c1ccc(N(C)C)cc1)[C@@H]1C(=O)N(c3cccc(C(F)(F)F)c3)C(=O)[C@@H]1S2. The van der Waals surface area contributed by atoms with Crippen LogP contribution in [0.25, 0.3) is 0 Å². The fraction of sp³-hybridized carbons (Fsp3) is 0.333. The number of esters is 1. The molecule has 40 heavy (non-hydrogen) atoms. The molecule has 2 aromatic carbocycles. The number of imide groups is 1. The van der Waals surface area contributed by atoms with Gasteiger partial charge in [-0.1, -0.05) is 41.3 Å². The van der Waals surface area contributed by atoms with Crippen LogP contribution in [0.5, 0.6) is 0 Å². The van der Waals surface area contributed by atoms with Gasteiger partial charge in [-0.05, 0) is 42.8 Å². The zero-order valence-electron chi connectivity index (χ0n) is 21.6. The first kappa shape index (κ1) is 28.0. The zero-order chi connectivity index (χ0) is 28.9. The van der Waals surface area contributed by atoms with Gasteiger partial charge in [0.2, 0.25) is 11.8 Å². The van der Waals surface area contributed by atoms with Gasteiger partial charge in [0.15, 0.2) is 0 Å². The molecule has 1 saturated heterocycles. The van der Waals surface area contributed by atoms with Crippen LogP contribution in [0.1, 0.15) is 28.8 Å². The van der Waals surface area contributed by atoms with Gasteiger partial charge in [-0.3, -0.25) is 23.7 Å². The Morgan fingerprint density at radius 3 is 2.38 bits per heavy atom. The van der Waals surface area contributed by atoms with Crippen LogP contribution in [-0.2, 0) is 31.8 Å². The number of hydrogen-bond acceptors (Lipinski definition) is 8. The van der Waals surface area contributed by atoms with Gasteiger partial charge in [-0.15, -0.1) is 0 Å². The van der Waals surface area contributed by atoms with E-state index >= 15 is 0 Å². The summed E-state index contributed by atoms with van der Waals surface area (Å²) in [4.78, 5) is 55.7. The summed E-state index contributed by atoms with van der Waals surface area (Å²) in [5.41, 5.74) is 0.400. The van der Waals surface area contributed by atoms with Crippen LogP contribution in [0.3, 0.4) is 0 Å². The van der Waals surface area contributed by atoms with Gasteiger partial charge in [-0.25, -0.2) is 4.90 Å². The van der Waals surface area contributed by atoms with Crippen molar-refractivity contribution in [1.29, 1.82) is 0 Å². The lowest BCUT2D eigenvalue weighted by atomic mass is 9.83. The van der Waals surface area contributed by atoms with Crippen molar-refractivity contribution in [3.8, 4) is 0 Å². The minimum Gasteiger partial charge on any atom is -0.465 e. The summed E-state index contributed by atoms with van der Waals surface area (Å²) in [5.74, 6) is -3.66. The van der Waals surface area contributed by atoms with Crippen molar-refractivity contribution in [2.24, 2.45) is 5.92 Å². The summed E-state index contributed by atoms with van der Waals surface area (Å²) in [7, 11) is 3.74. The van der Waals surface area contributed by atoms with E-state index in [1.807, 2.05) is 31.1 Å². The Labute approximate surface area is 235 Å². The van der Waals surface area contributed by atoms with E-state index in [0.29, 0.717) is 15.5 Å². The molecule has 0 spiro atoms. The van der Waals surface area contributed by atoms with Crippen molar-refractivity contribution >= 4 is 52.3 Å². The maximum Gasteiger partial charge on any atom is 0.416 e. The van der Waals surface area contributed by atoms with Crippen molar-refractivity contribution in [3.05, 3.63) is 74.2 Å². The molecule has 1 aromatic heterocycles. The molecule has 0 N–H and O–H groups in total. The lowest BCUT2D eigenvalue weighted by Gasteiger charge is -2.31. The van der Waals surface area contributed by atoms with Gasteiger partial charge in [-0.2, -0.15) is 13.2 Å². The van der Waals surface area contributed by atoms with Crippen molar-refractivity contribution in [2.45, 2.75) is 35.8 Å². The lowest BCUT2D eigenvalue weighted by Crippen LogP contribution is -2.32. The number of alkyl halides is 3. The first-order valence-corrected chi connectivity index (χ1v) is 14.0. The van der Waals surface area contributed by atoms with Crippen LogP contribution in [0.2, 0.25) is 0 Å². The summed E-state index contributed by atoms with van der Waals surface area (Å²) >= 11 is 1.87. The molecule has 2 aliphatic heterocycles. The number of thiazole rings is 1. The molecule has 3 atom stereocenters. The standard InChI is InChI=1S/C27H24F3N3O5S2/c1-4-38-18(34)13-32-25-22(40-26(32)37)19(14-8-10-16(11-9-14)31(2)3)20-21(39-25)24(36)33(23(20)35)17-7-5-6-15(12-17)27(28,29)30/h5-12,19-21H,4,13H2,1-3H3/t19-,20-,21+/m0/s1. The maximum absolute atomic E-state index is 13.9. The Hall–Kier alpha value is -3.58. The Balaban J connectivity index is 1.63. The Morgan fingerprint density at radius 1 is 1.05 bits per heavy atom. The van der Waals surface area contributed by atoms with Gasteiger partial charge >= 0.3 is 17.0 Å². The maximum atomic E-state index is 13.9. The largest absolute Gasteiger partial charge is 0.465 e. The molecule has 0 bridgehead atoms. The van der Waals surface area contributed by atoms with Crippen LogP contribution in [0, 0.1) is 5.92 Å². The highest BCUT2D eigenvalue weighted by molar-refractivity contribution is 8.00. The smallest absolute Gasteiger partial charge is 0.416 e. The van der Waals surface area contributed by atoms with Gasteiger partial charge in [0.25, 0.3) is 0 Å². The van der Waals surface area contributed by atoms with Gasteiger partial charge in [0.1, 0.15) is 11.8 Å². The van der Waals surface area contributed by atoms with E-state index in [1.165, 1.54) is 10.6 Å². The lowest BCUT2D eigenvalue weighted by molar-refractivity contribution is -0.144. The topological polar surface area (TPSA) is 88.9 Å². The molecule has 0 unspecified atom stereocenters. The normalized spacial score (nSPS) is 20.4. The molecule has 0 radical (unpaired) electrons. The number of rotatable bonds is 6. The van der Waals surface area contributed by atoms with Crippen LogP contribution >= 0.6 is 23.1 Å². The molecule has 210 valence electrons. The number of ether oxygens (including phenoxy) is 1. The predicted molar refractivity (Wildman–Crippen MR) is 145 cm³/mol. The molecule has 2 aliphatic rings. The number of nitrogens with zero attached hydrogens (tertiary/aromatic N) is 3. The van der Waals surface area contributed by atoms with Crippen molar-refractivity contribution < 1.29 is 32.3 Å². The molecule has 8 nitrogen and oxygen atoms in total. The fourth-order valence-electron chi connectivity index (χ4n) is 5.01. The number of carbonyl (C=O) groups excluding carboxylic acids is 3. The summed E-state index contributed by atoms with van der Waals surface area (Å²) in [5, 5.41) is -0.645. The number of hydrogen-bond donors (Lipinski definition) is 0. The highest BCUT2D eigenvalue weighted by atomic mass is 32.2. The highest BCUT2D eigenvalue weighted by Crippen LogP contribution is 2.54. The van der Waals surface area contributed by atoms with Crippen LogP contribution in [-0.4, -0.2) is 48.3 Å². The van der Waals surface area contributed by atoms with Crippen LogP contribution in [0.4, 0.5) is 24.5 Å². The first-order valence-electron chi connectivity index (χ1n) is 12.3. The number of aromatic nitrogens is 1. The molecule has 13 heteroatoms. The monoisotopic (exact) mass is 591 g/mol. The second-order valence-corrected chi connectivity index (χ2v) is 11.6. The number of amides is 2. The van der Waals surface area contributed by atoms with Crippen LogP contribution < -0.4 is 14.7 Å². The van der Waals surface area contributed by atoms with Crippen LogP contribution in [0.15, 0.2) is 58.4 Å². The summed E-state index contributed by atoms with van der Waals surface area (Å²) < 4.78 is 46.6. The number of anilines is 2. The van der Waals surface area contributed by atoms with Crippen molar-refractivity contribution in [2.75, 3.05) is 30.5 Å². The summed E-state index contributed by atoms with van der Waals surface area (Å²) in [6.07, 6.45) is -4.66. The predicted octanol–water partition coefficient (Wildman–Crippen LogP) is 4.35. The number of thioether (sulfide) groups is 1. The molecular formula is C27H24F3N3O5S2. The van der Waals surface area contributed by atoms with E-state index in [0.717, 1.165) is 51.9 Å². The quantitative estimate of drug-likeness (QED) is 0.311. The molecule has 3 heterocycles. The van der Waals surface area contributed by atoms with E-state index in [4.69, 9.17) is 4.74 Å². The molecule has 2 amide bonds. The van der Waals surface area contributed by atoms with Gasteiger partial charge in [0.05, 0.1) is 28.8 Å². The Morgan fingerprint density at radius 2 is 1.75 bits per heavy atom. The first-order chi connectivity index (χ1) is 18.9. The van der Waals surface area contributed by atoms with E-state index in [9.17, 15) is 32.3 Å². The minimum atomic E-state index is -4.66. The molecular weight excluding hydrogens is 567 g/mol. The zero-order valence-corrected chi connectivity index (χ0v) is 23.2. The van der Waals surface area contributed by atoms with Crippen molar-refractivity contribution in [1.82, 2.24) is 4.57 Å². The summed E-state index contributed by atoms with van der Waals surface area (Å²) in [6.45, 7) is 1.40. The third-order valence-electron chi connectivity index (χ3n) is 6.84. The van der Waals surface area contributed by atoms with E-state index in [2.05, 4.69) is 0 Å². The van der Waals surface area contributed by atoms with Gasteiger partial charge in [0, 0.05) is 30.6 Å². The highest BCUT2D eigenvalue weighted by Gasteiger charge is 2.57. The average Bonchev–Trinajstić information content (AvgIpc) is 3.34. The number of carbonyl (C=O) groups is 3. The Kier molecular flexibility index (Phi) is 7.29. The van der Waals surface area contributed by atoms with E-state index in [-0.39, 0.29) is 18.8 Å². The van der Waals surface area contributed by atoms with Gasteiger partial charge < -0.3 is 9.64 Å². The Bertz CT molecular complexity index is 1550. The minimum absolute atomic E-state index is 0.123. The third kappa shape index (κ3) is 4.81. The summed E-state index contributed by atoms with van der Waals surface area (Å²) in [6, 6.07) is 11.4. The molecule has 0 saturated carbocycles.